The first-order valence-electron chi connectivity index (χ1n) is 8.04. The Hall–Kier alpha value is -1.99. The number of nitrogens with one attached hydrogen (secondary N) is 1. The van der Waals surface area contributed by atoms with E-state index in [0.717, 1.165) is 30.2 Å². The van der Waals surface area contributed by atoms with Crippen molar-refractivity contribution in [2.45, 2.75) is 32.2 Å². The third kappa shape index (κ3) is 3.07. The van der Waals surface area contributed by atoms with E-state index >= 15 is 0 Å². The normalized spacial score (nSPS) is 16.7. The molecule has 0 atom stereocenters. The van der Waals surface area contributed by atoms with Gasteiger partial charge in [0.25, 0.3) is 11.3 Å². The van der Waals surface area contributed by atoms with Gasteiger partial charge < -0.3 is 0 Å². The van der Waals surface area contributed by atoms with Crippen molar-refractivity contribution in [2.24, 2.45) is 0 Å². The molecule has 0 spiro atoms. The summed E-state index contributed by atoms with van der Waals surface area (Å²) in [5.41, 5.74) is 0.705. The van der Waals surface area contributed by atoms with Crippen molar-refractivity contribution < 1.29 is 0 Å². The van der Waals surface area contributed by atoms with Gasteiger partial charge >= 0.3 is 0 Å². The van der Waals surface area contributed by atoms with Gasteiger partial charge in [0.15, 0.2) is 5.82 Å². The monoisotopic (exact) mass is 329 g/mol. The molecular weight excluding hydrogens is 310 g/mol. The number of hydrogen-bond acceptors (Lipinski definition) is 5. The van der Waals surface area contributed by atoms with Gasteiger partial charge in [-0.15, -0.1) is 11.3 Å². The van der Waals surface area contributed by atoms with Gasteiger partial charge in [-0.2, -0.15) is 9.50 Å². The summed E-state index contributed by atoms with van der Waals surface area (Å²) >= 11 is 1.59. The number of hydrogen-bond donors (Lipinski definition) is 1. The van der Waals surface area contributed by atoms with Crippen LogP contribution < -0.4 is 5.56 Å². The Kier molecular flexibility index (Phi) is 3.97. The molecule has 1 aliphatic rings. The Morgan fingerprint density at radius 2 is 2.00 bits per heavy atom. The van der Waals surface area contributed by atoms with Gasteiger partial charge in [0.1, 0.15) is 0 Å². The molecule has 1 saturated heterocycles. The largest absolute Gasteiger partial charge is 0.298 e. The summed E-state index contributed by atoms with van der Waals surface area (Å²) in [7, 11) is 0. The molecule has 0 unspecified atom stereocenters. The summed E-state index contributed by atoms with van der Waals surface area (Å²) in [6.07, 6.45) is 5.06. The lowest BCUT2D eigenvalue weighted by molar-refractivity contribution is 0.273. The van der Waals surface area contributed by atoms with E-state index in [4.69, 9.17) is 0 Å². The first-order valence-corrected chi connectivity index (χ1v) is 8.92. The molecule has 6 nitrogen and oxygen atoms in total. The number of aromatic amines is 1. The van der Waals surface area contributed by atoms with Crippen molar-refractivity contribution in [3.8, 4) is 10.7 Å². The standard InChI is InChI=1S/C16H19N5OS/c22-14-10-12(11-20-7-3-1-2-4-8-20)17-16-18-15(19-21(14)16)13-6-5-9-23-13/h5-6,9-10H,1-4,7-8,11H2,(H,17,18,19). The van der Waals surface area contributed by atoms with Crippen LogP contribution in [0.2, 0.25) is 0 Å². The van der Waals surface area contributed by atoms with Crippen LogP contribution >= 0.6 is 11.3 Å². The Morgan fingerprint density at radius 3 is 2.74 bits per heavy atom. The topological polar surface area (TPSA) is 66.3 Å². The van der Waals surface area contributed by atoms with Gasteiger partial charge in [-0.1, -0.05) is 18.9 Å². The Balaban J connectivity index is 1.65. The van der Waals surface area contributed by atoms with Gasteiger partial charge in [0.05, 0.1) is 10.6 Å². The minimum Gasteiger partial charge on any atom is -0.298 e. The zero-order valence-corrected chi connectivity index (χ0v) is 13.7. The lowest BCUT2D eigenvalue weighted by Crippen LogP contribution is -2.26. The zero-order chi connectivity index (χ0) is 15.6. The highest BCUT2D eigenvalue weighted by Crippen LogP contribution is 2.21. The second-order valence-electron chi connectivity index (χ2n) is 5.96. The smallest absolute Gasteiger partial charge is 0.274 e. The molecular formula is C16H19N5OS. The van der Waals surface area contributed by atoms with Crippen LogP contribution in [-0.4, -0.2) is 37.6 Å². The van der Waals surface area contributed by atoms with E-state index in [0.29, 0.717) is 11.6 Å². The minimum absolute atomic E-state index is 0.102. The number of thiophene rings is 1. The van der Waals surface area contributed by atoms with E-state index < -0.39 is 0 Å². The van der Waals surface area contributed by atoms with E-state index in [1.807, 2.05) is 17.5 Å². The molecule has 4 rings (SSSR count). The number of H-pyrrole nitrogens is 1. The van der Waals surface area contributed by atoms with Crippen LogP contribution in [-0.2, 0) is 6.54 Å². The molecule has 0 saturated carbocycles. The highest BCUT2D eigenvalue weighted by atomic mass is 32.1. The SMILES string of the molecule is O=c1cc(CN2CCCCCC2)nc2nc(-c3cccs3)[nH]n12. The molecule has 0 amide bonds. The number of fused-ring (bicyclic) bond motifs is 1. The number of nitrogens with zero attached hydrogens (tertiary/aromatic N) is 4. The van der Waals surface area contributed by atoms with E-state index in [1.54, 1.807) is 17.4 Å². The van der Waals surface area contributed by atoms with Crippen molar-refractivity contribution in [1.82, 2.24) is 24.5 Å². The summed E-state index contributed by atoms with van der Waals surface area (Å²) in [5, 5.41) is 5.02. The van der Waals surface area contributed by atoms with E-state index in [1.165, 1.54) is 30.2 Å². The van der Waals surface area contributed by atoms with Gasteiger partial charge in [0.2, 0.25) is 0 Å². The quantitative estimate of drug-likeness (QED) is 0.802. The molecule has 1 N–H and O–H groups in total. The van der Waals surface area contributed by atoms with Crippen molar-refractivity contribution >= 4 is 17.1 Å². The fourth-order valence-corrected chi connectivity index (χ4v) is 3.72. The second-order valence-corrected chi connectivity index (χ2v) is 6.91. The van der Waals surface area contributed by atoms with Crippen molar-refractivity contribution in [2.75, 3.05) is 13.1 Å². The molecule has 0 radical (unpaired) electrons. The first kappa shape index (κ1) is 14.6. The number of rotatable bonds is 3. The summed E-state index contributed by atoms with van der Waals surface area (Å²) in [5.74, 6) is 1.14. The van der Waals surface area contributed by atoms with Crippen LogP contribution in [0.1, 0.15) is 31.4 Å². The second kappa shape index (κ2) is 6.25. The lowest BCUT2D eigenvalue weighted by atomic mass is 10.2. The third-order valence-corrected chi connectivity index (χ3v) is 5.10. The molecule has 0 aliphatic carbocycles. The molecule has 0 aromatic carbocycles. The summed E-state index contributed by atoms with van der Waals surface area (Å²) < 4.78 is 1.42. The van der Waals surface area contributed by atoms with Crippen molar-refractivity contribution in [3.05, 3.63) is 39.6 Å². The maximum absolute atomic E-state index is 12.3. The van der Waals surface area contributed by atoms with Gasteiger partial charge in [-0.25, -0.2) is 4.98 Å². The van der Waals surface area contributed by atoms with Crippen LogP contribution in [0.4, 0.5) is 0 Å². The highest BCUT2D eigenvalue weighted by Gasteiger charge is 2.14. The van der Waals surface area contributed by atoms with Crippen LogP contribution in [0.25, 0.3) is 16.5 Å². The molecule has 3 aromatic rings. The van der Waals surface area contributed by atoms with Gasteiger partial charge in [-0.3, -0.25) is 14.8 Å². The van der Waals surface area contributed by atoms with Gasteiger partial charge in [0, 0.05) is 12.6 Å². The fourth-order valence-electron chi connectivity index (χ4n) is 3.06. The predicted molar refractivity (Wildman–Crippen MR) is 90.7 cm³/mol. The number of aromatic nitrogens is 4. The van der Waals surface area contributed by atoms with Crippen LogP contribution in [0.5, 0.6) is 0 Å². The Bertz CT molecular complexity index is 843. The van der Waals surface area contributed by atoms with Crippen molar-refractivity contribution in [1.29, 1.82) is 0 Å². The molecule has 7 heteroatoms. The molecule has 23 heavy (non-hydrogen) atoms. The van der Waals surface area contributed by atoms with E-state index in [2.05, 4.69) is 20.0 Å². The Labute approximate surface area is 137 Å². The average Bonchev–Trinajstić information content (AvgIpc) is 3.13. The van der Waals surface area contributed by atoms with Crippen molar-refractivity contribution in [3.63, 3.8) is 0 Å². The molecule has 120 valence electrons. The maximum atomic E-state index is 12.3. The lowest BCUT2D eigenvalue weighted by Gasteiger charge is -2.18. The summed E-state index contributed by atoms with van der Waals surface area (Å²) in [6.45, 7) is 2.90. The van der Waals surface area contributed by atoms with Gasteiger partial charge in [-0.05, 0) is 37.4 Å². The highest BCUT2D eigenvalue weighted by molar-refractivity contribution is 7.13. The average molecular weight is 329 g/mol. The fraction of sp³-hybridized carbons (Fsp3) is 0.438. The molecule has 3 aromatic heterocycles. The summed E-state index contributed by atoms with van der Waals surface area (Å²) in [4.78, 5) is 24.8. The van der Waals surface area contributed by atoms with E-state index in [-0.39, 0.29) is 5.56 Å². The first-order chi connectivity index (χ1) is 11.3. The molecule has 4 heterocycles. The molecule has 1 aliphatic heterocycles. The maximum Gasteiger partial charge on any atom is 0.274 e. The Morgan fingerprint density at radius 1 is 1.17 bits per heavy atom. The van der Waals surface area contributed by atoms with Crippen LogP contribution in [0.3, 0.4) is 0 Å². The third-order valence-electron chi connectivity index (χ3n) is 4.22. The van der Waals surface area contributed by atoms with Crippen LogP contribution in [0.15, 0.2) is 28.4 Å². The minimum atomic E-state index is -0.102. The summed E-state index contributed by atoms with van der Waals surface area (Å²) in [6, 6.07) is 5.56. The zero-order valence-electron chi connectivity index (χ0n) is 12.9. The molecule has 0 bridgehead atoms. The predicted octanol–water partition coefficient (Wildman–Crippen LogP) is 2.52. The molecule has 1 fully saturated rings. The number of likely N-dealkylation sites (tertiary alicyclic amines) is 1. The van der Waals surface area contributed by atoms with Crippen LogP contribution in [0, 0.1) is 0 Å². The van der Waals surface area contributed by atoms with E-state index in [9.17, 15) is 4.79 Å².